The first-order chi connectivity index (χ1) is 6.25. The zero-order valence-electron chi connectivity index (χ0n) is 7.84. The van der Waals surface area contributed by atoms with E-state index in [1.54, 1.807) is 6.92 Å². The third-order valence-corrected chi connectivity index (χ3v) is 2.12. The van der Waals surface area contributed by atoms with Crippen molar-refractivity contribution in [1.29, 1.82) is 0 Å². The molecule has 0 radical (unpaired) electrons. The number of rotatable bonds is 2. The first-order valence-electron chi connectivity index (χ1n) is 4.65. The Morgan fingerprint density at radius 2 is 2.38 bits per heavy atom. The summed E-state index contributed by atoms with van der Waals surface area (Å²) in [4.78, 5) is 22.7. The van der Waals surface area contributed by atoms with Crippen LogP contribution in [0.3, 0.4) is 0 Å². The molecule has 4 heteroatoms. The van der Waals surface area contributed by atoms with Crippen molar-refractivity contribution in [2.75, 3.05) is 19.7 Å². The summed E-state index contributed by atoms with van der Waals surface area (Å²) in [5, 5.41) is 3.08. The summed E-state index contributed by atoms with van der Waals surface area (Å²) >= 11 is 0. The largest absolute Gasteiger partial charge is 0.465 e. The lowest BCUT2D eigenvalue weighted by Gasteiger charge is -2.10. The van der Waals surface area contributed by atoms with Crippen LogP contribution in [-0.2, 0) is 14.3 Å². The molecular weight excluding hydrogens is 170 g/mol. The fraction of sp³-hybridized carbons (Fsp3) is 0.778. The molecular formula is C9H15NO3. The van der Waals surface area contributed by atoms with Crippen molar-refractivity contribution < 1.29 is 14.3 Å². The van der Waals surface area contributed by atoms with Crippen LogP contribution in [0, 0.1) is 5.92 Å². The zero-order valence-corrected chi connectivity index (χ0v) is 7.84. The highest BCUT2D eigenvalue weighted by Gasteiger charge is 2.28. The average molecular weight is 185 g/mol. The van der Waals surface area contributed by atoms with Crippen molar-refractivity contribution in [2.45, 2.75) is 19.8 Å². The molecule has 1 fully saturated rings. The summed E-state index contributed by atoms with van der Waals surface area (Å²) in [6.45, 7) is 3.48. The van der Waals surface area contributed by atoms with Gasteiger partial charge in [0, 0.05) is 13.0 Å². The number of carbonyl (C=O) groups excluding carboxylic acids is 2. The van der Waals surface area contributed by atoms with Gasteiger partial charge in [0.25, 0.3) is 0 Å². The Bertz CT molecular complexity index is 203. The number of Topliss-reactive ketones (excluding diaryl/α,β-unsaturated/α-hetero) is 1. The molecule has 1 saturated heterocycles. The molecule has 1 aliphatic heterocycles. The van der Waals surface area contributed by atoms with Crippen LogP contribution in [0.4, 0.5) is 0 Å². The summed E-state index contributed by atoms with van der Waals surface area (Å²) in [6, 6.07) is 0. The Labute approximate surface area is 77.6 Å². The topological polar surface area (TPSA) is 55.4 Å². The fourth-order valence-corrected chi connectivity index (χ4v) is 1.41. The zero-order chi connectivity index (χ0) is 9.68. The van der Waals surface area contributed by atoms with E-state index >= 15 is 0 Å². The van der Waals surface area contributed by atoms with E-state index in [9.17, 15) is 9.59 Å². The summed E-state index contributed by atoms with van der Waals surface area (Å²) in [7, 11) is 0. The highest BCUT2D eigenvalue weighted by Crippen LogP contribution is 2.11. The summed E-state index contributed by atoms with van der Waals surface area (Å²) in [5.74, 6) is -0.894. The molecule has 1 rings (SSSR count). The molecule has 1 N–H and O–H groups in total. The molecule has 13 heavy (non-hydrogen) atoms. The maximum absolute atomic E-state index is 11.4. The second-order valence-electron chi connectivity index (χ2n) is 3.06. The standard InChI is InChI=1S/C9H15NO3/c1-2-13-9(12)7-3-5-10-6-4-8(7)11/h7,10H,2-6H2,1H3/t7-/m0/s1. The van der Waals surface area contributed by atoms with E-state index in [4.69, 9.17) is 4.74 Å². The fourth-order valence-electron chi connectivity index (χ4n) is 1.41. The van der Waals surface area contributed by atoms with E-state index in [-0.39, 0.29) is 11.8 Å². The molecule has 0 aliphatic carbocycles. The first-order valence-corrected chi connectivity index (χ1v) is 4.65. The molecule has 74 valence electrons. The van der Waals surface area contributed by atoms with Gasteiger partial charge < -0.3 is 10.1 Å². The van der Waals surface area contributed by atoms with Crippen LogP contribution in [0.25, 0.3) is 0 Å². The van der Waals surface area contributed by atoms with E-state index in [0.29, 0.717) is 26.0 Å². The van der Waals surface area contributed by atoms with E-state index in [1.165, 1.54) is 0 Å². The van der Waals surface area contributed by atoms with Gasteiger partial charge in [0.1, 0.15) is 11.7 Å². The average Bonchev–Trinajstić information content (AvgIpc) is 2.30. The minimum atomic E-state index is -0.532. The van der Waals surface area contributed by atoms with E-state index in [0.717, 1.165) is 6.54 Å². The highest BCUT2D eigenvalue weighted by atomic mass is 16.5. The minimum absolute atomic E-state index is 0.00319. The number of carbonyl (C=O) groups is 2. The summed E-state index contributed by atoms with van der Waals surface area (Å²) in [6.07, 6.45) is 1.00. The maximum atomic E-state index is 11.4. The second kappa shape index (κ2) is 4.97. The molecule has 1 heterocycles. The summed E-state index contributed by atoms with van der Waals surface area (Å²) < 4.78 is 4.82. The van der Waals surface area contributed by atoms with Crippen LogP contribution in [-0.4, -0.2) is 31.4 Å². The lowest BCUT2D eigenvalue weighted by atomic mass is 10.00. The maximum Gasteiger partial charge on any atom is 0.316 e. The molecule has 0 amide bonds. The highest BCUT2D eigenvalue weighted by molar-refractivity contribution is 5.99. The van der Waals surface area contributed by atoms with Crippen LogP contribution < -0.4 is 5.32 Å². The van der Waals surface area contributed by atoms with Crippen molar-refractivity contribution in [3.63, 3.8) is 0 Å². The molecule has 0 aromatic carbocycles. The number of hydrogen-bond donors (Lipinski definition) is 1. The number of hydrogen-bond acceptors (Lipinski definition) is 4. The van der Waals surface area contributed by atoms with Crippen molar-refractivity contribution >= 4 is 11.8 Å². The minimum Gasteiger partial charge on any atom is -0.465 e. The van der Waals surface area contributed by atoms with Gasteiger partial charge in [-0.15, -0.1) is 0 Å². The number of ketones is 1. The van der Waals surface area contributed by atoms with Crippen LogP contribution in [0.5, 0.6) is 0 Å². The van der Waals surface area contributed by atoms with Crippen LogP contribution in [0.2, 0.25) is 0 Å². The van der Waals surface area contributed by atoms with Gasteiger partial charge in [-0.3, -0.25) is 9.59 Å². The van der Waals surface area contributed by atoms with Crippen LogP contribution >= 0.6 is 0 Å². The van der Waals surface area contributed by atoms with E-state index in [2.05, 4.69) is 5.32 Å². The van der Waals surface area contributed by atoms with Crippen LogP contribution in [0.15, 0.2) is 0 Å². The van der Waals surface area contributed by atoms with Crippen molar-refractivity contribution in [3.05, 3.63) is 0 Å². The molecule has 4 nitrogen and oxygen atoms in total. The Morgan fingerprint density at radius 3 is 3.08 bits per heavy atom. The third-order valence-electron chi connectivity index (χ3n) is 2.12. The molecule has 0 aromatic heterocycles. The summed E-state index contributed by atoms with van der Waals surface area (Å²) in [5.41, 5.74) is 0. The van der Waals surface area contributed by atoms with Gasteiger partial charge in [0.05, 0.1) is 6.61 Å². The second-order valence-corrected chi connectivity index (χ2v) is 3.06. The smallest absolute Gasteiger partial charge is 0.316 e. The van der Waals surface area contributed by atoms with Gasteiger partial charge in [0.15, 0.2) is 0 Å². The van der Waals surface area contributed by atoms with Gasteiger partial charge in [-0.2, -0.15) is 0 Å². The number of nitrogens with one attached hydrogen (secondary N) is 1. The molecule has 0 saturated carbocycles. The monoisotopic (exact) mass is 185 g/mol. The lowest BCUT2D eigenvalue weighted by Crippen LogP contribution is -2.25. The van der Waals surface area contributed by atoms with Crippen molar-refractivity contribution in [2.24, 2.45) is 5.92 Å². The normalized spacial score (nSPS) is 23.8. The van der Waals surface area contributed by atoms with Gasteiger partial charge in [0.2, 0.25) is 0 Å². The molecule has 1 aliphatic rings. The van der Waals surface area contributed by atoms with Gasteiger partial charge in [-0.1, -0.05) is 0 Å². The van der Waals surface area contributed by atoms with E-state index in [1.807, 2.05) is 0 Å². The predicted octanol–water partition coefficient (Wildman–Crippen LogP) is 0.118. The Hall–Kier alpha value is -0.900. The van der Waals surface area contributed by atoms with Crippen molar-refractivity contribution in [1.82, 2.24) is 5.32 Å². The van der Waals surface area contributed by atoms with E-state index < -0.39 is 5.92 Å². The number of esters is 1. The SMILES string of the molecule is CCOC(=O)[C@H]1CCNCCC1=O. The Kier molecular flexibility index (Phi) is 3.89. The quantitative estimate of drug-likeness (QED) is 0.490. The van der Waals surface area contributed by atoms with Gasteiger partial charge in [-0.05, 0) is 19.9 Å². The van der Waals surface area contributed by atoms with Gasteiger partial charge >= 0.3 is 5.97 Å². The van der Waals surface area contributed by atoms with Crippen LogP contribution in [0.1, 0.15) is 19.8 Å². The van der Waals surface area contributed by atoms with Crippen molar-refractivity contribution in [3.8, 4) is 0 Å². The predicted molar refractivity (Wildman–Crippen MR) is 47.2 cm³/mol. The third kappa shape index (κ3) is 2.81. The molecule has 1 atom stereocenters. The molecule has 0 aromatic rings. The lowest BCUT2D eigenvalue weighted by molar-refractivity contribution is -0.151. The molecule has 0 spiro atoms. The first kappa shape index (κ1) is 10.2. The molecule has 0 bridgehead atoms. The van der Waals surface area contributed by atoms with Gasteiger partial charge in [-0.25, -0.2) is 0 Å². The Morgan fingerprint density at radius 1 is 1.62 bits per heavy atom. The number of ether oxygens (including phenoxy) is 1. The molecule has 0 unspecified atom stereocenters. The Balaban J connectivity index is 2.53.